The molecule has 1 aliphatic rings. The zero-order valence-electron chi connectivity index (χ0n) is 9.05. The van der Waals surface area contributed by atoms with E-state index in [0.717, 1.165) is 18.4 Å². The largest absolute Gasteiger partial charge is 0.505 e. The van der Waals surface area contributed by atoms with Crippen molar-refractivity contribution in [3.8, 4) is 5.75 Å². The van der Waals surface area contributed by atoms with Crippen molar-refractivity contribution in [2.45, 2.75) is 38.1 Å². The number of rotatable bonds is 2. The van der Waals surface area contributed by atoms with Crippen molar-refractivity contribution in [1.29, 1.82) is 0 Å². The number of phenolic OH excluding ortho intramolecular Hbond substituents is 1. The van der Waals surface area contributed by atoms with Crippen LogP contribution in [-0.2, 0) is 5.41 Å². The number of nitrogens with two attached hydrogens (primary N) is 1. The number of halogens is 1. The molecule has 1 fully saturated rings. The van der Waals surface area contributed by atoms with Gasteiger partial charge in [0, 0.05) is 17.0 Å². The predicted octanol–water partition coefficient (Wildman–Crippen LogP) is 2.22. The van der Waals surface area contributed by atoms with E-state index >= 15 is 0 Å². The van der Waals surface area contributed by atoms with Crippen molar-refractivity contribution in [3.63, 3.8) is 0 Å². The lowest BCUT2D eigenvalue weighted by Gasteiger charge is -2.23. The smallest absolute Gasteiger partial charge is 0.165 e. The highest BCUT2D eigenvalue weighted by molar-refractivity contribution is 5.49. The van der Waals surface area contributed by atoms with Gasteiger partial charge in [-0.25, -0.2) is 4.39 Å². The van der Waals surface area contributed by atoms with Crippen molar-refractivity contribution in [1.82, 2.24) is 0 Å². The van der Waals surface area contributed by atoms with Gasteiger partial charge in [-0.05, 0) is 38.3 Å². The zero-order chi connectivity index (χ0) is 11.2. The van der Waals surface area contributed by atoms with Gasteiger partial charge < -0.3 is 10.8 Å². The highest BCUT2D eigenvalue weighted by Gasteiger charge is 2.50. The molecular formula is C12H16FNO. The molecule has 1 aromatic carbocycles. The van der Waals surface area contributed by atoms with E-state index in [0.29, 0.717) is 5.56 Å². The molecule has 15 heavy (non-hydrogen) atoms. The SMILES string of the molecule is Cc1ccc(F)c(O)c1C1(C(C)N)CC1. The first-order valence-electron chi connectivity index (χ1n) is 5.23. The molecule has 0 aromatic heterocycles. The molecule has 0 amide bonds. The minimum absolute atomic E-state index is 0.0519. The molecule has 82 valence electrons. The van der Waals surface area contributed by atoms with Crippen LogP contribution >= 0.6 is 0 Å². The molecule has 0 spiro atoms. The Morgan fingerprint density at radius 3 is 2.53 bits per heavy atom. The minimum Gasteiger partial charge on any atom is -0.505 e. The molecule has 1 unspecified atom stereocenters. The molecule has 0 saturated heterocycles. The quantitative estimate of drug-likeness (QED) is 0.784. The highest BCUT2D eigenvalue weighted by Crippen LogP contribution is 2.54. The number of benzene rings is 1. The van der Waals surface area contributed by atoms with Crippen LogP contribution in [0.1, 0.15) is 30.9 Å². The second-order valence-corrected chi connectivity index (χ2v) is 4.53. The Bertz CT molecular complexity index is 397. The first kappa shape index (κ1) is 10.4. The third-order valence-corrected chi connectivity index (χ3v) is 3.50. The Morgan fingerprint density at radius 1 is 1.47 bits per heavy atom. The Labute approximate surface area is 88.9 Å². The van der Waals surface area contributed by atoms with E-state index in [4.69, 9.17) is 5.73 Å². The highest BCUT2D eigenvalue weighted by atomic mass is 19.1. The number of phenols is 1. The maximum absolute atomic E-state index is 13.3. The molecule has 1 atom stereocenters. The summed E-state index contributed by atoms with van der Waals surface area (Å²) < 4.78 is 13.3. The summed E-state index contributed by atoms with van der Waals surface area (Å²) in [6.07, 6.45) is 1.87. The normalized spacial score (nSPS) is 20.0. The number of aromatic hydroxyl groups is 1. The van der Waals surface area contributed by atoms with Gasteiger partial charge in [-0.15, -0.1) is 0 Å². The fraction of sp³-hybridized carbons (Fsp3) is 0.500. The molecule has 1 saturated carbocycles. The summed E-state index contributed by atoms with van der Waals surface area (Å²) in [5.74, 6) is -0.771. The van der Waals surface area contributed by atoms with E-state index in [1.54, 1.807) is 6.07 Å². The first-order valence-corrected chi connectivity index (χ1v) is 5.23. The Kier molecular flexibility index (Phi) is 2.23. The Balaban J connectivity index is 2.57. The summed E-state index contributed by atoms with van der Waals surface area (Å²) in [6, 6.07) is 2.95. The average molecular weight is 209 g/mol. The van der Waals surface area contributed by atoms with E-state index < -0.39 is 5.82 Å². The van der Waals surface area contributed by atoms with Crippen molar-refractivity contribution >= 4 is 0 Å². The number of aryl methyl sites for hydroxylation is 1. The topological polar surface area (TPSA) is 46.2 Å². The molecule has 1 aliphatic carbocycles. The van der Waals surface area contributed by atoms with Gasteiger partial charge in [0.1, 0.15) is 0 Å². The Hall–Kier alpha value is -1.09. The molecule has 0 aliphatic heterocycles. The predicted molar refractivity (Wildman–Crippen MR) is 57.4 cm³/mol. The molecule has 2 rings (SSSR count). The van der Waals surface area contributed by atoms with Crippen LogP contribution in [0.5, 0.6) is 5.75 Å². The van der Waals surface area contributed by atoms with Gasteiger partial charge in [0.25, 0.3) is 0 Å². The van der Waals surface area contributed by atoms with Crippen LogP contribution < -0.4 is 5.73 Å². The maximum Gasteiger partial charge on any atom is 0.165 e. The zero-order valence-corrected chi connectivity index (χ0v) is 9.05. The molecule has 0 bridgehead atoms. The van der Waals surface area contributed by atoms with Gasteiger partial charge in [0.15, 0.2) is 11.6 Å². The van der Waals surface area contributed by atoms with Crippen LogP contribution in [0.25, 0.3) is 0 Å². The van der Waals surface area contributed by atoms with Gasteiger partial charge in [-0.3, -0.25) is 0 Å². The molecule has 0 heterocycles. The minimum atomic E-state index is -0.553. The summed E-state index contributed by atoms with van der Waals surface area (Å²) in [6.45, 7) is 3.80. The van der Waals surface area contributed by atoms with Gasteiger partial charge >= 0.3 is 0 Å². The van der Waals surface area contributed by atoms with Crippen LogP contribution in [0.15, 0.2) is 12.1 Å². The second-order valence-electron chi connectivity index (χ2n) is 4.53. The van der Waals surface area contributed by atoms with E-state index in [1.165, 1.54) is 6.07 Å². The maximum atomic E-state index is 13.3. The van der Waals surface area contributed by atoms with Crippen LogP contribution in [0.4, 0.5) is 4.39 Å². The van der Waals surface area contributed by atoms with Gasteiger partial charge in [-0.2, -0.15) is 0 Å². The summed E-state index contributed by atoms with van der Waals surface area (Å²) in [4.78, 5) is 0. The van der Waals surface area contributed by atoms with E-state index in [2.05, 4.69) is 0 Å². The molecule has 3 N–H and O–H groups in total. The van der Waals surface area contributed by atoms with Crippen LogP contribution in [0, 0.1) is 12.7 Å². The summed E-state index contributed by atoms with van der Waals surface area (Å²) in [7, 11) is 0. The molecule has 2 nitrogen and oxygen atoms in total. The Morgan fingerprint density at radius 2 is 2.07 bits per heavy atom. The molecule has 0 radical (unpaired) electrons. The van der Waals surface area contributed by atoms with E-state index in [9.17, 15) is 9.50 Å². The molecule has 1 aromatic rings. The molecule has 3 heteroatoms. The fourth-order valence-electron chi connectivity index (χ4n) is 2.36. The average Bonchev–Trinajstić information content (AvgIpc) is 2.93. The third kappa shape index (κ3) is 1.42. The van der Waals surface area contributed by atoms with Gasteiger partial charge in [0.05, 0.1) is 0 Å². The third-order valence-electron chi connectivity index (χ3n) is 3.50. The van der Waals surface area contributed by atoms with Crippen LogP contribution in [-0.4, -0.2) is 11.1 Å². The lowest BCUT2D eigenvalue weighted by Crippen LogP contribution is -2.32. The standard InChI is InChI=1S/C12H16FNO/c1-7-3-4-9(13)11(15)10(7)12(5-6-12)8(2)14/h3-4,8,15H,5-6,14H2,1-2H3. The van der Waals surface area contributed by atoms with E-state index in [-0.39, 0.29) is 17.2 Å². The fourth-order valence-corrected chi connectivity index (χ4v) is 2.36. The van der Waals surface area contributed by atoms with Crippen LogP contribution in [0.3, 0.4) is 0 Å². The van der Waals surface area contributed by atoms with Crippen molar-refractivity contribution in [2.75, 3.05) is 0 Å². The van der Waals surface area contributed by atoms with E-state index in [1.807, 2.05) is 13.8 Å². The summed E-state index contributed by atoms with van der Waals surface area (Å²) in [5.41, 5.74) is 7.35. The summed E-state index contributed by atoms with van der Waals surface area (Å²) >= 11 is 0. The second kappa shape index (κ2) is 3.20. The van der Waals surface area contributed by atoms with Crippen LogP contribution in [0.2, 0.25) is 0 Å². The lowest BCUT2D eigenvalue weighted by atomic mass is 9.85. The monoisotopic (exact) mass is 209 g/mol. The van der Waals surface area contributed by atoms with Crippen molar-refractivity contribution < 1.29 is 9.50 Å². The molecular weight excluding hydrogens is 193 g/mol. The van der Waals surface area contributed by atoms with Gasteiger partial charge in [0.2, 0.25) is 0 Å². The number of hydrogen-bond donors (Lipinski definition) is 2. The van der Waals surface area contributed by atoms with Crippen molar-refractivity contribution in [2.24, 2.45) is 5.73 Å². The van der Waals surface area contributed by atoms with Gasteiger partial charge in [-0.1, -0.05) is 6.07 Å². The first-order chi connectivity index (χ1) is 6.99. The number of hydrogen-bond acceptors (Lipinski definition) is 2. The summed E-state index contributed by atoms with van der Waals surface area (Å²) in [5, 5.41) is 9.77. The lowest BCUT2D eigenvalue weighted by molar-refractivity contribution is 0.409. The van der Waals surface area contributed by atoms with Crippen molar-refractivity contribution in [3.05, 3.63) is 29.1 Å².